The minimum absolute atomic E-state index is 0. The Morgan fingerprint density at radius 1 is 0.407 bits per heavy atom. The highest BCUT2D eigenvalue weighted by molar-refractivity contribution is 4.54. The van der Waals surface area contributed by atoms with E-state index in [4.69, 9.17) is 0 Å². The molecule has 0 aromatic heterocycles. The second-order valence-electron chi connectivity index (χ2n) is 9.88. The molecule has 2 saturated heterocycles. The van der Waals surface area contributed by atoms with Crippen LogP contribution in [0.15, 0.2) is 0 Å². The van der Waals surface area contributed by atoms with Gasteiger partial charge in [-0.05, 0) is 77.0 Å². The highest BCUT2D eigenvalue weighted by atomic mass is 127. The van der Waals surface area contributed by atoms with Crippen LogP contribution in [0.25, 0.3) is 0 Å². The monoisotopic (exact) mass is 606 g/mol. The van der Waals surface area contributed by atoms with Gasteiger partial charge in [0.1, 0.15) is 0 Å². The number of rotatable bonds is 8. The highest BCUT2D eigenvalue weighted by Crippen LogP contribution is 2.19. The smallest absolute Gasteiger partial charge is 0.0784 e. The van der Waals surface area contributed by atoms with Gasteiger partial charge in [-0.3, -0.25) is 0 Å². The van der Waals surface area contributed by atoms with E-state index in [1.165, 1.54) is 145 Å². The molecule has 2 nitrogen and oxygen atoms in total. The number of unbranched alkanes of at least 4 members (excludes halogenated alkanes) is 4. The third kappa shape index (κ3) is 12.6. The maximum absolute atomic E-state index is 2.53. The molecule has 0 aromatic rings. The molecule has 0 unspecified atom stereocenters. The summed E-state index contributed by atoms with van der Waals surface area (Å²) in [5.74, 6) is 0. The first kappa shape index (κ1) is 28.4. The molecule has 0 N–H and O–H groups in total. The molecule has 0 aliphatic carbocycles. The Kier molecular flexibility index (Phi) is 16.9. The van der Waals surface area contributed by atoms with E-state index in [1.807, 2.05) is 0 Å². The van der Waals surface area contributed by atoms with Crippen LogP contribution in [0.3, 0.4) is 0 Å². The molecule has 4 heteroatoms. The number of halogens is 2. The van der Waals surface area contributed by atoms with Gasteiger partial charge in [-0.15, -0.1) is 0 Å². The van der Waals surface area contributed by atoms with E-state index in [0.717, 1.165) is 0 Å². The lowest BCUT2D eigenvalue weighted by molar-refractivity contribution is -0.910. The Morgan fingerprint density at radius 2 is 0.667 bits per heavy atom. The standard InChI is InChI=1S/C23H48N2.2HI/c1-24(18-12-6-3-7-13-19-24)22-16-10-5-11-17-23-25(2)20-14-8-4-9-15-21-25;;/h3-23H2,1-2H3;2*1H/q+2;;/p-2. The van der Waals surface area contributed by atoms with Gasteiger partial charge in [-0.25, -0.2) is 0 Å². The summed E-state index contributed by atoms with van der Waals surface area (Å²) in [7, 11) is 5.05. The summed E-state index contributed by atoms with van der Waals surface area (Å²) in [6, 6.07) is 0. The quantitative estimate of drug-likeness (QED) is 0.204. The van der Waals surface area contributed by atoms with Gasteiger partial charge in [0.05, 0.1) is 53.4 Å². The summed E-state index contributed by atoms with van der Waals surface area (Å²) >= 11 is 0. The van der Waals surface area contributed by atoms with E-state index in [0.29, 0.717) is 0 Å². The largest absolute Gasteiger partial charge is 1.00 e. The van der Waals surface area contributed by atoms with Crippen LogP contribution >= 0.6 is 0 Å². The predicted octanol–water partition coefficient (Wildman–Crippen LogP) is -0.234. The van der Waals surface area contributed by atoms with Gasteiger partial charge in [0.15, 0.2) is 0 Å². The van der Waals surface area contributed by atoms with Gasteiger partial charge < -0.3 is 56.9 Å². The second-order valence-corrected chi connectivity index (χ2v) is 9.88. The molecule has 2 aliphatic heterocycles. The molecule has 0 saturated carbocycles. The molecule has 0 amide bonds. The van der Waals surface area contributed by atoms with Crippen LogP contribution in [-0.4, -0.2) is 62.3 Å². The summed E-state index contributed by atoms with van der Waals surface area (Å²) < 4.78 is 2.74. The molecular weight excluding hydrogens is 558 g/mol. The minimum atomic E-state index is 0. The summed E-state index contributed by atoms with van der Waals surface area (Å²) in [4.78, 5) is 0. The third-order valence-electron chi connectivity index (χ3n) is 7.19. The van der Waals surface area contributed by atoms with Gasteiger partial charge in [-0.1, -0.05) is 19.3 Å². The number of hydrogen-bond donors (Lipinski definition) is 0. The first-order valence-corrected chi connectivity index (χ1v) is 11.8. The van der Waals surface area contributed by atoms with Crippen molar-refractivity contribution in [1.29, 1.82) is 0 Å². The zero-order valence-electron chi connectivity index (χ0n) is 18.5. The third-order valence-corrected chi connectivity index (χ3v) is 7.19. The van der Waals surface area contributed by atoms with Crippen molar-refractivity contribution in [2.75, 3.05) is 53.4 Å². The Labute approximate surface area is 205 Å². The average Bonchev–Trinajstić information content (AvgIpc) is 2.55. The molecule has 0 radical (unpaired) electrons. The fraction of sp³-hybridized carbons (Fsp3) is 1.00. The number of quaternary nitrogens is 2. The van der Waals surface area contributed by atoms with Crippen molar-refractivity contribution < 1.29 is 56.9 Å². The molecule has 164 valence electrons. The first-order chi connectivity index (χ1) is 12.1. The molecule has 0 aromatic carbocycles. The van der Waals surface area contributed by atoms with Crippen molar-refractivity contribution in [3.05, 3.63) is 0 Å². The number of hydrogen-bond acceptors (Lipinski definition) is 0. The van der Waals surface area contributed by atoms with Crippen LogP contribution in [0.1, 0.15) is 96.3 Å². The van der Waals surface area contributed by atoms with Crippen LogP contribution in [0, 0.1) is 0 Å². The van der Waals surface area contributed by atoms with E-state index in [1.54, 1.807) is 0 Å². The van der Waals surface area contributed by atoms with Crippen molar-refractivity contribution in [3.63, 3.8) is 0 Å². The molecular formula is C23H48I2N2. The first-order valence-electron chi connectivity index (χ1n) is 11.8. The van der Waals surface area contributed by atoms with E-state index < -0.39 is 0 Å². The Morgan fingerprint density at radius 3 is 1.00 bits per heavy atom. The van der Waals surface area contributed by atoms with Crippen LogP contribution < -0.4 is 48.0 Å². The van der Waals surface area contributed by atoms with E-state index in [-0.39, 0.29) is 48.0 Å². The minimum Gasteiger partial charge on any atom is -1.00 e. The number of likely N-dealkylation sites (tertiary alicyclic amines) is 2. The Balaban J connectivity index is 0.00000338. The van der Waals surface area contributed by atoms with Crippen molar-refractivity contribution in [2.45, 2.75) is 96.3 Å². The van der Waals surface area contributed by atoms with Crippen molar-refractivity contribution in [3.8, 4) is 0 Å². The van der Waals surface area contributed by atoms with E-state index in [2.05, 4.69) is 14.1 Å². The topological polar surface area (TPSA) is 0 Å². The summed E-state index contributed by atoms with van der Waals surface area (Å²) in [5, 5.41) is 0. The summed E-state index contributed by atoms with van der Waals surface area (Å²) in [6.45, 7) is 8.64. The summed E-state index contributed by atoms with van der Waals surface area (Å²) in [5.41, 5.74) is 0. The fourth-order valence-corrected chi connectivity index (χ4v) is 5.22. The molecule has 0 atom stereocenters. The predicted molar refractivity (Wildman–Crippen MR) is 111 cm³/mol. The maximum atomic E-state index is 2.53. The Hall–Kier alpha value is 1.38. The lowest BCUT2D eigenvalue weighted by Crippen LogP contribution is -3.00. The lowest BCUT2D eigenvalue weighted by Gasteiger charge is -2.36. The SMILES string of the molecule is C[N+]1(CCCCCCC[N+]2(C)CCCCCCC2)CCCCCCC1.[I-].[I-]. The lowest BCUT2D eigenvalue weighted by atomic mass is 10.0. The van der Waals surface area contributed by atoms with Crippen LogP contribution in [0.4, 0.5) is 0 Å². The molecule has 2 aliphatic rings. The van der Waals surface area contributed by atoms with Gasteiger partial charge in [-0.2, -0.15) is 0 Å². The highest BCUT2D eigenvalue weighted by Gasteiger charge is 2.23. The zero-order chi connectivity index (χ0) is 17.8. The second kappa shape index (κ2) is 16.1. The fourth-order valence-electron chi connectivity index (χ4n) is 5.22. The van der Waals surface area contributed by atoms with Gasteiger partial charge in [0.25, 0.3) is 0 Å². The van der Waals surface area contributed by atoms with Gasteiger partial charge in [0, 0.05) is 0 Å². The average molecular weight is 606 g/mol. The maximum Gasteiger partial charge on any atom is 0.0784 e. The molecule has 2 fully saturated rings. The van der Waals surface area contributed by atoms with Crippen molar-refractivity contribution in [2.24, 2.45) is 0 Å². The normalized spacial score (nSPS) is 22.9. The molecule has 2 heterocycles. The van der Waals surface area contributed by atoms with Crippen LogP contribution in [-0.2, 0) is 0 Å². The van der Waals surface area contributed by atoms with E-state index >= 15 is 0 Å². The van der Waals surface area contributed by atoms with Crippen LogP contribution in [0.5, 0.6) is 0 Å². The molecule has 2 rings (SSSR count). The van der Waals surface area contributed by atoms with Crippen LogP contribution in [0.2, 0.25) is 0 Å². The summed E-state index contributed by atoms with van der Waals surface area (Å²) in [6.07, 6.45) is 22.1. The van der Waals surface area contributed by atoms with Gasteiger partial charge >= 0.3 is 0 Å². The molecule has 0 bridgehead atoms. The zero-order valence-corrected chi connectivity index (χ0v) is 22.8. The van der Waals surface area contributed by atoms with E-state index in [9.17, 15) is 0 Å². The van der Waals surface area contributed by atoms with Crippen molar-refractivity contribution in [1.82, 2.24) is 0 Å². The Bertz CT molecular complexity index is 301. The number of nitrogens with zero attached hydrogens (tertiary/aromatic N) is 2. The van der Waals surface area contributed by atoms with Gasteiger partial charge in [0.2, 0.25) is 0 Å². The van der Waals surface area contributed by atoms with Crippen molar-refractivity contribution >= 4 is 0 Å². The molecule has 27 heavy (non-hydrogen) atoms. The molecule has 0 spiro atoms.